The largest absolute Gasteiger partial charge is 0.319 e. The van der Waals surface area contributed by atoms with Gasteiger partial charge in [0.2, 0.25) is 5.91 Å². The van der Waals surface area contributed by atoms with E-state index in [0.29, 0.717) is 5.82 Å². The molecule has 0 aliphatic carbocycles. The molecule has 0 aliphatic heterocycles. The molecule has 0 radical (unpaired) electrons. The van der Waals surface area contributed by atoms with Crippen molar-refractivity contribution in [3.05, 3.63) is 22.3 Å². The predicted molar refractivity (Wildman–Crippen MR) is 72.7 cm³/mol. The molecular formula is C12H18BrN3O. The van der Waals surface area contributed by atoms with Crippen molar-refractivity contribution < 1.29 is 4.79 Å². The molecule has 1 atom stereocenters. The van der Waals surface area contributed by atoms with Crippen LogP contribution >= 0.6 is 15.9 Å². The molecule has 0 aliphatic rings. The Hall–Kier alpha value is -0.940. The van der Waals surface area contributed by atoms with Crippen LogP contribution in [-0.2, 0) is 4.79 Å². The van der Waals surface area contributed by atoms with Crippen LogP contribution in [0.4, 0.5) is 5.82 Å². The lowest BCUT2D eigenvalue weighted by atomic mass is 9.87. The summed E-state index contributed by atoms with van der Waals surface area (Å²) in [7, 11) is 0. The van der Waals surface area contributed by atoms with Crippen molar-refractivity contribution >= 4 is 27.7 Å². The fraction of sp³-hybridized carbons (Fsp3) is 0.500. The lowest BCUT2D eigenvalue weighted by molar-refractivity contribution is -0.119. The Morgan fingerprint density at radius 2 is 2.12 bits per heavy atom. The van der Waals surface area contributed by atoms with Gasteiger partial charge in [0.05, 0.1) is 6.04 Å². The molecule has 1 rings (SSSR count). The van der Waals surface area contributed by atoms with E-state index in [1.54, 1.807) is 12.3 Å². The van der Waals surface area contributed by atoms with Crippen molar-refractivity contribution in [1.29, 1.82) is 0 Å². The number of carbonyl (C=O) groups is 1. The summed E-state index contributed by atoms with van der Waals surface area (Å²) in [4.78, 5) is 16.0. The molecule has 94 valence electrons. The van der Waals surface area contributed by atoms with Gasteiger partial charge in [0.25, 0.3) is 0 Å². The van der Waals surface area contributed by atoms with E-state index in [-0.39, 0.29) is 11.3 Å². The van der Waals surface area contributed by atoms with Crippen molar-refractivity contribution in [3.8, 4) is 0 Å². The van der Waals surface area contributed by atoms with Crippen molar-refractivity contribution in [2.75, 3.05) is 5.32 Å². The van der Waals surface area contributed by atoms with Crippen LogP contribution in [0.5, 0.6) is 0 Å². The van der Waals surface area contributed by atoms with Crippen molar-refractivity contribution in [2.45, 2.75) is 33.7 Å². The molecular weight excluding hydrogens is 282 g/mol. The Kier molecular flexibility index (Phi) is 4.27. The lowest BCUT2D eigenvalue weighted by Crippen LogP contribution is -2.45. The number of rotatable bonds is 2. The number of aromatic nitrogens is 1. The summed E-state index contributed by atoms with van der Waals surface area (Å²) in [5.41, 5.74) is 6.61. The first-order valence-electron chi connectivity index (χ1n) is 5.40. The number of hydrogen-bond acceptors (Lipinski definition) is 3. The fourth-order valence-corrected chi connectivity index (χ4v) is 1.42. The summed E-state index contributed by atoms with van der Waals surface area (Å²) < 4.78 is 0.913. The van der Waals surface area contributed by atoms with E-state index in [9.17, 15) is 4.79 Å². The number of nitrogens with two attached hydrogens (primary N) is 1. The molecule has 4 nitrogen and oxygen atoms in total. The number of aryl methyl sites for hydroxylation is 1. The van der Waals surface area contributed by atoms with Crippen LogP contribution in [0.3, 0.4) is 0 Å². The van der Waals surface area contributed by atoms with E-state index >= 15 is 0 Å². The van der Waals surface area contributed by atoms with Gasteiger partial charge in [-0.2, -0.15) is 0 Å². The molecule has 1 heterocycles. The second-order valence-electron chi connectivity index (χ2n) is 5.15. The smallest absolute Gasteiger partial charge is 0.242 e. The Labute approximate surface area is 110 Å². The van der Waals surface area contributed by atoms with Crippen molar-refractivity contribution in [1.82, 2.24) is 4.98 Å². The van der Waals surface area contributed by atoms with E-state index in [1.807, 2.05) is 27.7 Å². The molecule has 0 saturated heterocycles. The van der Waals surface area contributed by atoms with Gasteiger partial charge >= 0.3 is 0 Å². The molecule has 1 aromatic rings. The summed E-state index contributed by atoms with van der Waals surface area (Å²) in [6.45, 7) is 7.72. The molecule has 17 heavy (non-hydrogen) atoms. The second kappa shape index (κ2) is 5.14. The van der Waals surface area contributed by atoms with Gasteiger partial charge in [-0.3, -0.25) is 4.79 Å². The first-order chi connectivity index (χ1) is 7.71. The Balaban J connectivity index is 2.78. The normalized spacial score (nSPS) is 13.3. The van der Waals surface area contributed by atoms with E-state index in [1.165, 1.54) is 0 Å². The Morgan fingerprint density at radius 1 is 1.53 bits per heavy atom. The Bertz CT molecular complexity index is 426. The average Bonchev–Trinajstić information content (AvgIpc) is 2.21. The van der Waals surface area contributed by atoms with Crippen LogP contribution < -0.4 is 11.1 Å². The quantitative estimate of drug-likeness (QED) is 0.881. The number of nitrogens with zero attached hydrogens (tertiary/aromatic N) is 1. The third kappa shape index (κ3) is 3.78. The summed E-state index contributed by atoms with van der Waals surface area (Å²) in [6.07, 6.45) is 1.66. The number of pyridine rings is 1. The van der Waals surface area contributed by atoms with Crippen LogP contribution in [0, 0.1) is 12.3 Å². The minimum Gasteiger partial charge on any atom is -0.319 e. The maximum atomic E-state index is 11.9. The minimum atomic E-state index is -0.562. The first-order valence-corrected chi connectivity index (χ1v) is 6.19. The predicted octanol–water partition coefficient (Wildman–Crippen LogP) is 2.46. The highest BCUT2D eigenvalue weighted by atomic mass is 79.9. The standard InChI is InChI=1S/C12H18BrN3O/c1-7-5-9(15-6-8(7)13)16-11(17)10(14)12(2,3)4/h5-6,10H,14H2,1-4H3,(H,15,16,17). The number of nitrogens with one attached hydrogen (secondary N) is 1. The van der Waals surface area contributed by atoms with Gasteiger partial charge in [0, 0.05) is 10.7 Å². The number of hydrogen-bond donors (Lipinski definition) is 2. The van der Waals surface area contributed by atoms with Gasteiger partial charge in [-0.15, -0.1) is 0 Å². The third-order valence-electron chi connectivity index (χ3n) is 2.51. The summed E-state index contributed by atoms with van der Waals surface area (Å²) in [5, 5.41) is 2.72. The van der Waals surface area contributed by atoms with Gasteiger partial charge in [-0.1, -0.05) is 20.8 Å². The topological polar surface area (TPSA) is 68.0 Å². The molecule has 0 spiro atoms. The van der Waals surface area contributed by atoms with E-state index in [0.717, 1.165) is 10.0 Å². The Morgan fingerprint density at radius 3 is 2.59 bits per heavy atom. The van der Waals surface area contributed by atoms with Gasteiger partial charge in [0.1, 0.15) is 5.82 Å². The summed E-state index contributed by atoms with van der Waals surface area (Å²) in [6, 6.07) is 1.24. The summed E-state index contributed by atoms with van der Waals surface area (Å²) in [5.74, 6) is 0.308. The van der Waals surface area contributed by atoms with Crippen LogP contribution in [0.1, 0.15) is 26.3 Å². The van der Waals surface area contributed by atoms with Crippen LogP contribution in [-0.4, -0.2) is 16.9 Å². The molecule has 3 N–H and O–H groups in total. The van der Waals surface area contributed by atoms with Gasteiger partial charge < -0.3 is 11.1 Å². The lowest BCUT2D eigenvalue weighted by Gasteiger charge is -2.25. The molecule has 0 aromatic carbocycles. The van der Waals surface area contributed by atoms with Crippen LogP contribution in [0.2, 0.25) is 0 Å². The highest BCUT2D eigenvalue weighted by Crippen LogP contribution is 2.20. The zero-order valence-corrected chi connectivity index (χ0v) is 12.1. The van der Waals surface area contributed by atoms with E-state index < -0.39 is 6.04 Å². The maximum absolute atomic E-state index is 11.9. The summed E-state index contributed by atoms with van der Waals surface area (Å²) >= 11 is 3.36. The van der Waals surface area contributed by atoms with Crippen LogP contribution in [0.25, 0.3) is 0 Å². The average molecular weight is 300 g/mol. The zero-order valence-electron chi connectivity index (χ0n) is 10.5. The first kappa shape index (κ1) is 14.1. The van der Waals surface area contributed by atoms with Gasteiger partial charge in [0.15, 0.2) is 0 Å². The SMILES string of the molecule is Cc1cc(NC(=O)C(N)C(C)(C)C)ncc1Br. The molecule has 5 heteroatoms. The number of amides is 1. The molecule has 0 saturated carbocycles. The maximum Gasteiger partial charge on any atom is 0.242 e. The molecule has 1 unspecified atom stereocenters. The third-order valence-corrected chi connectivity index (χ3v) is 3.34. The molecule has 1 aromatic heterocycles. The number of halogens is 1. The number of anilines is 1. The van der Waals surface area contributed by atoms with Crippen LogP contribution in [0.15, 0.2) is 16.7 Å². The van der Waals surface area contributed by atoms with E-state index in [4.69, 9.17) is 5.73 Å². The van der Waals surface area contributed by atoms with Gasteiger partial charge in [-0.25, -0.2) is 4.98 Å². The molecule has 0 bridgehead atoms. The second-order valence-corrected chi connectivity index (χ2v) is 6.01. The zero-order chi connectivity index (χ0) is 13.2. The number of carbonyl (C=O) groups excluding carboxylic acids is 1. The highest BCUT2D eigenvalue weighted by Gasteiger charge is 2.27. The van der Waals surface area contributed by atoms with E-state index in [2.05, 4.69) is 26.2 Å². The van der Waals surface area contributed by atoms with Crippen molar-refractivity contribution in [2.24, 2.45) is 11.1 Å². The molecule has 1 amide bonds. The highest BCUT2D eigenvalue weighted by molar-refractivity contribution is 9.10. The molecule has 0 fully saturated rings. The van der Waals surface area contributed by atoms with Gasteiger partial charge in [-0.05, 0) is 39.9 Å². The monoisotopic (exact) mass is 299 g/mol. The fourth-order valence-electron chi connectivity index (χ4n) is 1.20. The minimum absolute atomic E-state index is 0.216. The van der Waals surface area contributed by atoms with Crippen molar-refractivity contribution in [3.63, 3.8) is 0 Å².